The molecule has 0 unspecified atom stereocenters. The zero-order valence-corrected chi connectivity index (χ0v) is 19.1. The van der Waals surface area contributed by atoms with Crippen molar-refractivity contribution in [2.75, 3.05) is 53.6 Å². The Balaban J connectivity index is 1.39. The second kappa shape index (κ2) is 7.75. The van der Waals surface area contributed by atoms with Crippen LogP contribution in [0.5, 0.6) is 0 Å². The van der Waals surface area contributed by atoms with E-state index in [1.807, 2.05) is 4.90 Å². The van der Waals surface area contributed by atoms with Crippen LogP contribution in [0.15, 0.2) is 30.3 Å². The topological polar surface area (TPSA) is 56.2 Å². The van der Waals surface area contributed by atoms with Crippen LogP contribution in [0, 0.1) is 11.3 Å². The molecule has 4 fully saturated rings. The predicted molar refractivity (Wildman–Crippen MR) is 120 cm³/mol. The normalized spacial score (nSPS) is 32.7. The maximum atomic E-state index is 13.6. The molecule has 0 atom stereocenters. The van der Waals surface area contributed by atoms with Crippen LogP contribution in [0.3, 0.4) is 0 Å². The van der Waals surface area contributed by atoms with Crippen molar-refractivity contribution in [3.8, 4) is 0 Å². The molecule has 2 heterocycles. The van der Waals surface area contributed by atoms with Crippen molar-refractivity contribution in [1.29, 1.82) is 0 Å². The van der Waals surface area contributed by atoms with Crippen molar-refractivity contribution in [2.45, 2.75) is 49.6 Å². The van der Waals surface area contributed by atoms with E-state index >= 15 is 0 Å². The van der Waals surface area contributed by atoms with Crippen molar-refractivity contribution in [3.05, 3.63) is 35.9 Å². The van der Waals surface area contributed by atoms with Gasteiger partial charge in [0.2, 0.25) is 0 Å². The SMILES string of the molecule is CN(C)[C@]1(c2ccccc2)CC[C@]2(CC1)CN(CC1(CO)COC1)C(=O)N2CC1CC1. The average Bonchev–Trinajstić information content (AvgIpc) is 3.55. The molecule has 5 rings (SSSR count). The zero-order chi connectivity index (χ0) is 21.7. The highest BCUT2D eigenvalue weighted by atomic mass is 16.5. The molecule has 0 aromatic heterocycles. The van der Waals surface area contributed by atoms with E-state index in [2.05, 4.69) is 54.2 Å². The Morgan fingerprint density at radius 1 is 1.10 bits per heavy atom. The van der Waals surface area contributed by atoms with Gasteiger partial charge in [0, 0.05) is 25.2 Å². The van der Waals surface area contributed by atoms with Crippen LogP contribution in [0.2, 0.25) is 0 Å². The smallest absolute Gasteiger partial charge is 0.320 e. The van der Waals surface area contributed by atoms with Crippen molar-refractivity contribution < 1.29 is 14.6 Å². The summed E-state index contributed by atoms with van der Waals surface area (Å²) in [5.41, 5.74) is 1.08. The van der Waals surface area contributed by atoms with E-state index in [1.54, 1.807) is 0 Å². The lowest BCUT2D eigenvalue weighted by atomic mass is 9.68. The van der Waals surface area contributed by atoms with Crippen molar-refractivity contribution in [2.24, 2.45) is 11.3 Å². The van der Waals surface area contributed by atoms with Crippen molar-refractivity contribution >= 4 is 6.03 Å². The van der Waals surface area contributed by atoms with Gasteiger partial charge in [0.05, 0.1) is 30.8 Å². The van der Waals surface area contributed by atoms with Crippen LogP contribution < -0.4 is 0 Å². The molecule has 2 amide bonds. The molecular formula is C25H37N3O3. The fourth-order valence-corrected chi connectivity index (χ4v) is 6.16. The van der Waals surface area contributed by atoms with Crippen LogP contribution in [0.1, 0.15) is 44.1 Å². The van der Waals surface area contributed by atoms with Gasteiger partial charge in [-0.05, 0) is 64.1 Å². The minimum absolute atomic E-state index is 0.0301. The molecule has 1 spiro atoms. The van der Waals surface area contributed by atoms with Crippen molar-refractivity contribution in [3.63, 3.8) is 0 Å². The number of hydrogen-bond acceptors (Lipinski definition) is 4. The van der Waals surface area contributed by atoms with Gasteiger partial charge >= 0.3 is 6.03 Å². The fraction of sp³-hybridized carbons (Fsp3) is 0.720. The largest absolute Gasteiger partial charge is 0.396 e. The minimum atomic E-state index is -0.265. The van der Waals surface area contributed by atoms with E-state index in [0.717, 1.165) is 38.8 Å². The summed E-state index contributed by atoms with van der Waals surface area (Å²) in [5.74, 6) is 0.675. The number of aliphatic hydroxyl groups excluding tert-OH is 1. The first-order chi connectivity index (χ1) is 14.9. The number of carbonyl (C=O) groups is 1. The molecule has 170 valence electrons. The molecule has 2 saturated heterocycles. The molecule has 4 aliphatic rings. The number of urea groups is 1. The Kier molecular flexibility index (Phi) is 5.31. The molecule has 2 aliphatic heterocycles. The Morgan fingerprint density at radius 2 is 1.77 bits per heavy atom. The van der Waals surface area contributed by atoms with Crippen LogP contribution in [-0.2, 0) is 10.3 Å². The lowest BCUT2D eigenvalue weighted by Crippen LogP contribution is -2.56. The summed E-state index contributed by atoms with van der Waals surface area (Å²) < 4.78 is 5.40. The lowest BCUT2D eigenvalue weighted by Gasteiger charge is -2.51. The van der Waals surface area contributed by atoms with Crippen LogP contribution in [0.25, 0.3) is 0 Å². The Hall–Kier alpha value is -1.63. The number of rotatable bonds is 7. The number of nitrogens with zero attached hydrogens (tertiary/aromatic N) is 3. The second-order valence-electron chi connectivity index (χ2n) is 10.9. The van der Waals surface area contributed by atoms with E-state index in [-0.39, 0.29) is 29.1 Å². The summed E-state index contributed by atoms with van der Waals surface area (Å²) in [5, 5.41) is 9.92. The molecule has 1 N–H and O–H groups in total. The first kappa shape index (κ1) is 21.2. The monoisotopic (exact) mass is 427 g/mol. The van der Waals surface area contributed by atoms with Gasteiger partial charge in [0.25, 0.3) is 0 Å². The first-order valence-corrected chi connectivity index (χ1v) is 11.9. The summed E-state index contributed by atoms with van der Waals surface area (Å²) >= 11 is 0. The zero-order valence-electron chi connectivity index (χ0n) is 19.1. The molecule has 1 aromatic carbocycles. The third-order valence-corrected chi connectivity index (χ3v) is 8.55. The van der Waals surface area contributed by atoms with Gasteiger partial charge in [-0.3, -0.25) is 4.90 Å². The van der Waals surface area contributed by atoms with E-state index < -0.39 is 0 Å². The van der Waals surface area contributed by atoms with E-state index in [4.69, 9.17) is 4.74 Å². The second-order valence-corrected chi connectivity index (χ2v) is 10.9. The van der Waals surface area contributed by atoms with Crippen LogP contribution in [-0.4, -0.2) is 84.9 Å². The highest BCUT2D eigenvalue weighted by molar-refractivity contribution is 5.78. The number of ether oxygens (including phenoxy) is 1. The van der Waals surface area contributed by atoms with E-state index in [9.17, 15) is 9.90 Å². The Morgan fingerprint density at radius 3 is 2.29 bits per heavy atom. The molecule has 0 radical (unpaired) electrons. The van der Waals surface area contributed by atoms with Gasteiger partial charge in [0.1, 0.15) is 0 Å². The third kappa shape index (κ3) is 3.57. The highest BCUT2D eigenvalue weighted by Gasteiger charge is 2.56. The van der Waals surface area contributed by atoms with Gasteiger partial charge in [0.15, 0.2) is 0 Å². The molecular weight excluding hydrogens is 390 g/mol. The standard InChI is InChI=1S/C25H37N3O3/c1-26(2)25(21-6-4-3-5-7-21)12-10-24(11-13-25)16-27(15-23(17-29)18-31-19-23)22(30)28(24)14-20-8-9-20/h3-7,20,29H,8-19H2,1-2H3/t24-,25+. The Labute approximate surface area is 186 Å². The van der Waals surface area contributed by atoms with Gasteiger partial charge in [-0.1, -0.05) is 30.3 Å². The number of hydrogen-bond donors (Lipinski definition) is 1. The van der Waals surface area contributed by atoms with Crippen molar-refractivity contribution in [1.82, 2.24) is 14.7 Å². The minimum Gasteiger partial charge on any atom is -0.396 e. The number of amides is 2. The Bertz CT molecular complexity index is 790. The summed E-state index contributed by atoms with van der Waals surface area (Å²) in [4.78, 5) is 20.2. The average molecular weight is 428 g/mol. The van der Waals surface area contributed by atoms with Crippen LogP contribution in [0.4, 0.5) is 4.79 Å². The molecule has 1 aromatic rings. The number of benzene rings is 1. The van der Waals surface area contributed by atoms with Gasteiger partial charge < -0.3 is 19.6 Å². The fourth-order valence-electron chi connectivity index (χ4n) is 6.16. The summed E-state index contributed by atoms with van der Waals surface area (Å²) in [6, 6.07) is 11.1. The van der Waals surface area contributed by atoms with Gasteiger partial charge in [-0.25, -0.2) is 4.79 Å². The van der Waals surface area contributed by atoms with E-state index in [1.165, 1.54) is 18.4 Å². The molecule has 2 aliphatic carbocycles. The quantitative estimate of drug-likeness (QED) is 0.727. The predicted octanol–water partition coefficient (Wildman–Crippen LogP) is 2.91. The summed E-state index contributed by atoms with van der Waals surface area (Å²) in [7, 11) is 4.39. The van der Waals surface area contributed by atoms with Gasteiger partial charge in [-0.2, -0.15) is 0 Å². The number of aliphatic hydroxyl groups is 1. The molecule has 6 nitrogen and oxygen atoms in total. The molecule has 6 heteroatoms. The third-order valence-electron chi connectivity index (χ3n) is 8.55. The van der Waals surface area contributed by atoms with Crippen LogP contribution >= 0.6 is 0 Å². The van der Waals surface area contributed by atoms with E-state index in [0.29, 0.717) is 25.7 Å². The molecule has 31 heavy (non-hydrogen) atoms. The maximum absolute atomic E-state index is 13.6. The maximum Gasteiger partial charge on any atom is 0.320 e. The van der Waals surface area contributed by atoms with Gasteiger partial charge in [-0.15, -0.1) is 0 Å². The first-order valence-electron chi connectivity index (χ1n) is 11.9. The molecule has 0 bridgehead atoms. The molecule has 2 saturated carbocycles. The summed E-state index contributed by atoms with van der Waals surface area (Å²) in [6.07, 6.45) is 6.66. The lowest BCUT2D eigenvalue weighted by molar-refractivity contribution is -0.143. The number of carbonyl (C=O) groups excluding carboxylic acids is 1. The summed E-state index contributed by atoms with van der Waals surface area (Å²) in [6.45, 7) is 3.51. The highest BCUT2D eigenvalue weighted by Crippen LogP contribution is 2.50.